The Morgan fingerprint density at radius 2 is 2.00 bits per heavy atom. The van der Waals surface area contributed by atoms with Crippen molar-refractivity contribution in [2.45, 2.75) is 13.3 Å². The van der Waals surface area contributed by atoms with E-state index in [0.29, 0.717) is 5.92 Å². The van der Waals surface area contributed by atoms with Gasteiger partial charge in [-0.25, -0.2) is 0 Å². The van der Waals surface area contributed by atoms with Crippen molar-refractivity contribution < 1.29 is 17.5 Å². The molecule has 0 aromatic carbocycles. The lowest BCUT2D eigenvalue weighted by atomic mass is 9.91. The topological polar surface area (TPSA) is 74.6 Å². The number of allylic oxidation sites excluding steroid dienone is 7. The zero-order valence-electron chi connectivity index (χ0n) is 9.07. The van der Waals surface area contributed by atoms with Gasteiger partial charge >= 0.3 is 10.4 Å². The summed E-state index contributed by atoms with van der Waals surface area (Å²) < 4.78 is 31.6. The molecule has 0 saturated heterocycles. The predicted octanol–water partition coefficient (Wildman–Crippen LogP) is 2.60. The van der Waals surface area contributed by atoms with Crippen LogP contribution in [-0.4, -0.2) is 17.5 Å². The van der Waals surface area contributed by atoms with Crippen molar-refractivity contribution in [3.63, 3.8) is 0 Å². The molecule has 0 amide bonds. The molecule has 4 nitrogen and oxygen atoms in total. The summed E-state index contributed by atoms with van der Waals surface area (Å²) in [4.78, 5) is 0. The summed E-state index contributed by atoms with van der Waals surface area (Å²) in [5, 5.41) is 0. The summed E-state index contributed by atoms with van der Waals surface area (Å²) in [6.07, 6.45) is 13.7. The maximum atomic E-state index is 8.74. The maximum absolute atomic E-state index is 8.74. The van der Waals surface area contributed by atoms with Crippen molar-refractivity contribution in [2.75, 3.05) is 0 Å². The molecule has 2 N–H and O–H groups in total. The third-order valence-electron chi connectivity index (χ3n) is 1.93. The van der Waals surface area contributed by atoms with Crippen molar-refractivity contribution >= 4 is 10.4 Å². The fourth-order valence-electron chi connectivity index (χ4n) is 1.30. The molecule has 0 saturated carbocycles. The molecule has 0 spiro atoms. The highest BCUT2D eigenvalue weighted by molar-refractivity contribution is 7.79. The van der Waals surface area contributed by atoms with Crippen LogP contribution < -0.4 is 0 Å². The van der Waals surface area contributed by atoms with Crippen LogP contribution in [0.4, 0.5) is 0 Å². The summed E-state index contributed by atoms with van der Waals surface area (Å²) in [5.41, 5.74) is 1.40. The smallest absolute Gasteiger partial charge is 0.264 e. The van der Waals surface area contributed by atoms with Crippen LogP contribution in [0.1, 0.15) is 13.3 Å². The lowest BCUT2D eigenvalue weighted by Crippen LogP contribution is -1.99. The quantitative estimate of drug-likeness (QED) is 0.578. The van der Waals surface area contributed by atoms with Crippen LogP contribution in [0.15, 0.2) is 48.6 Å². The van der Waals surface area contributed by atoms with Gasteiger partial charge < -0.3 is 0 Å². The van der Waals surface area contributed by atoms with Gasteiger partial charge in [-0.05, 0) is 18.9 Å². The molecule has 1 aliphatic carbocycles. The van der Waals surface area contributed by atoms with E-state index in [4.69, 9.17) is 17.5 Å². The van der Waals surface area contributed by atoms with Gasteiger partial charge in [-0.15, -0.1) is 6.58 Å². The Labute approximate surface area is 96.3 Å². The summed E-state index contributed by atoms with van der Waals surface area (Å²) in [6, 6.07) is 0. The van der Waals surface area contributed by atoms with Crippen molar-refractivity contribution in [1.82, 2.24) is 0 Å². The van der Waals surface area contributed by atoms with Crippen LogP contribution in [-0.2, 0) is 10.4 Å². The molecule has 90 valence electrons. The molecule has 0 aromatic rings. The van der Waals surface area contributed by atoms with E-state index in [1.54, 1.807) is 0 Å². The monoisotopic (exact) mass is 244 g/mol. The number of rotatable bonds is 2. The zero-order chi connectivity index (χ0) is 12.6. The molecule has 0 fully saturated rings. The Hall–Kier alpha value is -1.17. The molecule has 1 atom stereocenters. The Morgan fingerprint density at radius 3 is 2.44 bits per heavy atom. The molecule has 0 radical (unpaired) electrons. The van der Waals surface area contributed by atoms with Gasteiger partial charge in [-0.2, -0.15) is 8.42 Å². The fraction of sp³-hybridized carbons (Fsp3) is 0.273. The van der Waals surface area contributed by atoms with Crippen molar-refractivity contribution in [1.29, 1.82) is 0 Å². The first-order valence-corrected chi connectivity index (χ1v) is 6.10. The van der Waals surface area contributed by atoms with Gasteiger partial charge in [0.2, 0.25) is 0 Å². The molecule has 0 bridgehead atoms. The van der Waals surface area contributed by atoms with Crippen LogP contribution in [0.3, 0.4) is 0 Å². The van der Waals surface area contributed by atoms with E-state index in [-0.39, 0.29) is 0 Å². The van der Waals surface area contributed by atoms with Crippen molar-refractivity contribution in [3.8, 4) is 0 Å². The third kappa shape index (κ3) is 8.16. The lowest BCUT2D eigenvalue weighted by Gasteiger charge is -2.13. The first kappa shape index (κ1) is 14.8. The van der Waals surface area contributed by atoms with Gasteiger partial charge in [0.05, 0.1) is 0 Å². The van der Waals surface area contributed by atoms with E-state index in [1.807, 2.05) is 6.08 Å². The Morgan fingerprint density at radius 1 is 1.44 bits per heavy atom. The Balaban J connectivity index is 0.000000385. The van der Waals surface area contributed by atoms with Crippen LogP contribution in [0.2, 0.25) is 0 Å². The SMILES string of the molecule is C=CCC1C=CC=CC1=CC.O=S(=O)(O)O. The molecule has 0 aromatic heterocycles. The van der Waals surface area contributed by atoms with E-state index >= 15 is 0 Å². The summed E-state index contributed by atoms with van der Waals surface area (Å²) in [6.45, 7) is 5.82. The predicted molar refractivity (Wildman–Crippen MR) is 64.5 cm³/mol. The second-order valence-electron chi connectivity index (χ2n) is 3.11. The molecule has 0 heterocycles. The van der Waals surface area contributed by atoms with Crippen LogP contribution >= 0.6 is 0 Å². The first-order chi connectivity index (χ1) is 7.38. The molecule has 1 aliphatic rings. The van der Waals surface area contributed by atoms with E-state index in [0.717, 1.165) is 6.42 Å². The van der Waals surface area contributed by atoms with Crippen LogP contribution in [0.5, 0.6) is 0 Å². The van der Waals surface area contributed by atoms with Gasteiger partial charge in [0.25, 0.3) is 0 Å². The van der Waals surface area contributed by atoms with E-state index in [1.165, 1.54) is 5.57 Å². The molecule has 0 aliphatic heterocycles. The standard InChI is InChI=1S/C11H14.H2O4S/c1-3-7-11-9-6-5-8-10(11)4-2;1-5(2,3)4/h3-6,8-9,11H,1,7H2,2H3;(H2,1,2,3,4). The molecule has 5 heteroatoms. The minimum absolute atomic E-state index is 0.558. The number of hydrogen-bond acceptors (Lipinski definition) is 2. The summed E-state index contributed by atoms with van der Waals surface area (Å²) in [5.74, 6) is 0.558. The molecular weight excluding hydrogens is 228 g/mol. The zero-order valence-corrected chi connectivity index (χ0v) is 9.89. The third-order valence-corrected chi connectivity index (χ3v) is 1.93. The Kier molecular flexibility index (Phi) is 6.64. The second-order valence-corrected chi connectivity index (χ2v) is 4.01. The molecule has 1 rings (SSSR count). The second kappa shape index (κ2) is 7.16. The first-order valence-electron chi connectivity index (χ1n) is 4.70. The average Bonchev–Trinajstić information content (AvgIpc) is 2.16. The van der Waals surface area contributed by atoms with E-state index in [9.17, 15) is 0 Å². The van der Waals surface area contributed by atoms with Gasteiger partial charge in [-0.3, -0.25) is 9.11 Å². The molecular formula is C11H16O4S. The van der Waals surface area contributed by atoms with Gasteiger partial charge in [0.1, 0.15) is 0 Å². The fourth-order valence-corrected chi connectivity index (χ4v) is 1.30. The highest BCUT2D eigenvalue weighted by Crippen LogP contribution is 2.21. The lowest BCUT2D eigenvalue weighted by molar-refractivity contribution is 0.381. The molecule has 16 heavy (non-hydrogen) atoms. The Bertz CT molecular complexity index is 394. The minimum atomic E-state index is -4.67. The number of hydrogen-bond donors (Lipinski definition) is 2. The van der Waals surface area contributed by atoms with Gasteiger partial charge in [0, 0.05) is 5.92 Å². The van der Waals surface area contributed by atoms with Crippen molar-refractivity contribution in [3.05, 3.63) is 48.6 Å². The average molecular weight is 244 g/mol. The summed E-state index contributed by atoms with van der Waals surface area (Å²) in [7, 11) is -4.67. The van der Waals surface area contributed by atoms with E-state index in [2.05, 4.69) is 43.9 Å². The normalized spacial score (nSPS) is 21.4. The van der Waals surface area contributed by atoms with E-state index < -0.39 is 10.4 Å². The highest BCUT2D eigenvalue weighted by Gasteiger charge is 2.07. The van der Waals surface area contributed by atoms with Crippen molar-refractivity contribution in [2.24, 2.45) is 5.92 Å². The maximum Gasteiger partial charge on any atom is 0.394 e. The largest absolute Gasteiger partial charge is 0.394 e. The van der Waals surface area contributed by atoms with Gasteiger partial charge in [0.15, 0.2) is 0 Å². The molecule has 1 unspecified atom stereocenters. The van der Waals surface area contributed by atoms with Crippen LogP contribution in [0, 0.1) is 5.92 Å². The van der Waals surface area contributed by atoms with Crippen LogP contribution in [0.25, 0.3) is 0 Å². The highest BCUT2D eigenvalue weighted by atomic mass is 32.3. The van der Waals surface area contributed by atoms with Gasteiger partial charge in [-0.1, -0.05) is 36.5 Å². The summed E-state index contributed by atoms with van der Waals surface area (Å²) >= 11 is 0. The minimum Gasteiger partial charge on any atom is -0.264 e.